The second-order valence-corrected chi connectivity index (χ2v) is 4.77. The molecule has 0 unspecified atom stereocenters. The maximum absolute atomic E-state index is 9.04. The minimum Gasteiger partial charge on any atom is -0.397 e. The monoisotopic (exact) mass is 270 g/mol. The molecule has 1 aromatic carbocycles. The maximum Gasteiger partial charge on any atom is 0.0614 e. The molecule has 0 heterocycles. The summed E-state index contributed by atoms with van der Waals surface area (Å²) in [6.07, 6.45) is 2.40. The number of nitrogen functional groups attached to an aromatic ring is 1. The van der Waals surface area contributed by atoms with Gasteiger partial charge in [-0.25, -0.2) is 0 Å². The van der Waals surface area contributed by atoms with Crippen molar-refractivity contribution in [2.24, 2.45) is 0 Å². The lowest BCUT2D eigenvalue weighted by atomic mass is 10.2. The number of aliphatic hydroxyl groups is 1. The Kier molecular flexibility index (Phi) is 3.17. The van der Waals surface area contributed by atoms with Gasteiger partial charge in [-0.3, -0.25) is 0 Å². The van der Waals surface area contributed by atoms with Crippen molar-refractivity contribution in [1.82, 2.24) is 0 Å². The molecule has 0 radical (unpaired) electrons. The van der Waals surface area contributed by atoms with E-state index in [1.54, 1.807) is 0 Å². The van der Waals surface area contributed by atoms with E-state index in [1.165, 1.54) is 12.8 Å². The number of anilines is 2. The van der Waals surface area contributed by atoms with Crippen molar-refractivity contribution in [3.8, 4) is 0 Å². The van der Waals surface area contributed by atoms with Crippen LogP contribution in [0.4, 0.5) is 11.4 Å². The molecule has 0 saturated heterocycles. The Bertz CT molecular complexity index is 352. The molecule has 1 aliphatic rings. The van der Waals surface area contributed by atoms with E-state index in [9.17, 15) is 0 Å². The molecule has 0 aliphatic heterocycles. The molecule has 3 N–H and O–H groups in total. The molecule has 0 spiro atoms. The first-order chi connectivity index (χ1) is 7.22. The normalized spacial score (nSPS) is 15.3. The minimum atomic E-state index is 0.169. The molecule has 0 aromatic heterocycles. The number of nitrogens with two attached hydrogens (primary N) is 1. The molecular formula is C11H15BrN2O. The van der Waals surface area contributed by atoms with Gasteiger partial charge in [0.15, 0.2) is 0 Å². The largest absolute Gasteiger partial charge is 0.397 e. The first-order valence-corrected chi connectivity index (χ1v) is 5.94. The van der Waals surface area contributed by atoms with E-state index in [4.69, 9.17) is 10.8 Å². The lowest BCUT2D eigenvalue weighted by Crippen LogP contribution is -2.29. The highest BCUT2D eigenvalue weighted by molar-refractivity contribution is 9.10. The average Bonchev–Trinajstić information content (AvgIpc) is 3.02. The van der Waals surface area contributed by atoms with E-state index in [1.807, 2.05) is 18.2 Å². The highest BCUT2D eigenvalue weighted by Gasteiger charge is 2.29. The van der Waals surface area contributed by atoms with Crippen LogP contribution in [0.15, 0.2) is 22.7 Å². The van der Waals surface area contributed by atoms with Crippen LogP contribution < -0.4 is 10.6 Å². The molecule has 0 bridgehead atoms. The van der Waals surface area contributed by atoms with Crippen LogP contribution in [0.5, 0.6) is 0 Å². The number of aliphatic hydroxyl groups excluding tert-OH is 1. The highest BCUT2D eigenvalue weighted by atomic mass is 79.9. The summed E-state index contributed by atoms with van der Waals surface area (Å²) in [4.78, 5) is 2.19. The minimum absolute atomic E-state index is 0.169. The summed E-state index contributed by atoms with van der Waals surface area (Å²) < 4.78 is 1.02. The summed E-state index contributed by atoms with van der Waals surface area (Å²) in [5.41, 5.74) is 7.75. The van der Waals surface area contributed by atoms with Gasteiger partial charge in [-0.1, -0.05) is 15.9 Å². The Balaban J connectivity index is 2.27. The summed E-state index contributed by atoms with van der Waals surface area (Å²) in [6, 6.07) is 6.41. The van der Waals surface area contributed by atoms with Gasteiger partial charge >= 0.3 is 0 Å². The zero-order valence-electron chi connectivity index (χ0n) is 8.49. The fourth-order valence-electron chi connectivity index (χ4n) is 1.76. The van der Waals surface area contributed by atoms with Crippen molar-refractivity contribution >= 4 is 27.3 Å². The smallest absolute Gasteiger partial charge is 0.0614 e. The predicted octanol–water partition coefficient (Wildman–Crippen LogP) is 1.99. The summed E-state index contributed by atoms with van der Waals surface area (Å²) in [5, 5.41) is 9.04. The fraction of sp³-hybridized carbons (Fsp3) is 0.455. The van der Waals surface area contributed by atoms with Crippen LogP contribution >= 0.6 is 15.9 Å². The molecule has 15 heavy (non-hydrogen) atoms. The van der Waals surface area contributed by atoms with E-state index >= 15 is 0 Å². The third-order valence-corrected chi connectivity index (χ3v) is 3.12. The number of halogens is 1. The van der Waals surface area contributed by atoms with E-state index in [0.29, 0.717) is 12.6 Å². The molecule has 4 heteroatoms. The van der Waals surface area contributed by atoms with Crippen molar-refractivity contribution in [1.29, 1.82) is 0 Å². The van der Waals surface area contributed by atoms with Gasteiger partial charge in [-0.15, -0.1) is 0 Å². The molecule has 1 aliphatic carbocycles. The van der Waals surface area contributed by atoms with Crippen LogP contribution in [0.25, 0.3) is 0 Å². The molecular weight excluding hydrogens is 256 g/mol. The Morgan fingerprint density at radius 2 is 2.20 bits per heavy atom. The number of nitrogens with zero attached hydrogens (tertiary/aromatic N) is 1. The standard InChI is InChI=1S/C11H15BrN2O/c12-8-1-4-10(13)11(7-8)14(5-6-15)9-2-3-9/h1,4,7,9,15H,2-3,5-6,13H2. The van der Waals surface area contributed by atoms with Gasteiger partial charge in [0.1, 0.15) is 0 Å². The zero-order chi connectivity index (χ0) is 10.8. The molecule has 1 aromatic rings. The van der Waals surface area contributed by atoms with Gasteiger partial charge in [-0.2, -0.15) is 0 Å². The van der Waals surface area contributed by atoms with Crippen LogP contribution in [-0.4, -0.2) is 24.3 Å². The van der Waals surface area contributed by atoms with Gasteiger partial charge in [-0.05, 0) is 31.0 Å². The van der Waals surface area contributed by atoms with Crippen molar-refractivity contribution in [3.05, 3.63) is 22.7 Å². The van der Waals surface area contributed by atoms with E-state index in [-0.39, 0.29) is 6.61 Å². The van der Waals surface area contributed by atoms with Crippen molar-refractivity contribution in [2.45, 2.75) is 18.9 Å². The Morgan fingerprint density at radius 3 is 2.80 bits per heavy atom. The van der Waals surface area contributed by atoms with Crippen molar-refractivity contribution in [2.75, 3.05) is 23.8 Å². The van der Waals surface area contributed by atoms with Crippen LogP contribution in [0.3, 0.4) is 0 Å². The summed E-state index contributed by atoms with van der Waals surface area (Å²) in [7, 11) is 0. The first kappa shape index (κ1) is 10.8. The quantitative estimate of drug-likeness (QED) is 0.823. The first-order valence-electron chi connectivity index (χ1n) is 5.15. The van der Waals surface area contributed by atoms with Crippen LogP contribution in [0, 0.1) is 0 Å². The number of hydrogen-bond acceptors (Lipinski definition) is 3. The summed E-state index contributed by atoms with van der Waals surface area (Å²) in [5.74, 6) is 0. The van der Waals surface area contributed by atoms with Gasteiger partial charge in [0.25, 0.3) is 0 Å². The Hall–Kier alpha value is -0.740. The summed E-state index contributed by atoms with van der Waals surface area (Å²) >= 11 is 3.44. The predicted molar refractivity (Wildman–Crippen MR) is 66.0 cm³/mol. The SMILES string of the molecule is Nc1ccc(Br)cc1N(CCO)C1CC1. The molecule has 0 amide bonds. The molecule has 3 nitrogen and oxygen atoms in total. The second-order valence-electron chi connectivity index (χ2n) is 3.85. The lowest BCUT2D eigenvalue weighted by Gasteiger charge is -2.25. The van der Waals surface area contributed by atoms with Gasteiger partial charge in [0, 0.05) is 17.1 Å². The zero-order valence-corrected chi connectivity index (χ0v) is 10.1. The number of benzene rings is 1. The highest BCUT2D eigenvalue weighted by Crippen LogP contribution is 2.35. The second kappa shape index (κ2) is 4.41. The lowest BCUT2D eigenvalue weighted by molar-refractivity contribution is 0.301. The van der Waals surface area contributed by atoms with Crippen molar-refractivity contribution in [3.63, 3.8) is 0 Å². The molecule has 2 rings (SSSR count). The third kappa shape index (κ3) is 2.44. The van der Waals surface area contributed by atoms with Gasteiger partial charge in [0.2, 0.25) is 0 Å². The van der Waals surface area contributed by atoms with Crippen LogP contribution in [-0.2, 0) is 0 Å². The molecule has 0 atom stereocenters. The van der Waals surface area contributed by atoms with E-state index in [0.717, 1.165) is 15.8 Å². The molecule has 1 saturated carbocycles. The Labute approximate surface area is 98.0 Å². The topological polar surface area (TPSA) is 49.5 Å². The fourth-order valence-corrected chi connectivity index (χ4v) is 2.11. The van der Waals surface area contributed by atoms with Gasteiger partial charge in [0.05, 0.1) is 18.0 Å². The molecule has 82 valence electrons. The van der Waals surface area contributed by atoms with Crippen molar-refractivity contribution < 1.29 is 5.11 Å². The molecule has 1 fully saturated rings. The van der Waals surface area contributed by atoms with E-state index < -0.39 is 0 Å². The maximum atomic E-state index is 9.04. The van der Waals surface area contributed by atoms with Crippen LogP contribution in [0.2, 0.25) is 0 Å². The van der Waals surface area contributed by atoms with Crippen LogP contribution in [0.1, 0.15) is 12.8 Å². The average molecular weight is 271 g/mol. The Morgan fingerprint density at radius 1 is 1.47 bits per heavy atom. The third-order valence-electron chi connectivity index (χ3n) is 2.63. The number of rotatable bonds is 4. The van der Waals surface area contributed by atoms with E-state index in [2.05, 4.69) is 20.8 Å². The number of hydrogen-bond donors (Lipinski definition) is 2. The van der Waals surface area contributed by atoms with Gasteiger partial charge < -0.3 is 15.7 Å². The summed E-state index contributed by atoms with van der Waals surface area (Å²) in [6.45, 7) is 0.827.